The van der Waals surface area contributed by atoms with Crippen LogP contribution in [-0.2, 0) is 0 Å². The van der Waals surface area contributed by atoms with Crippen molar-refractivity contribution >= 4 is 0 Å². The smallest absolute Gasteiger partial charge is 0.166 e. The molecule has 0 amide bonds. The molecule has 68 valence electrons. The van der Waals surface area contributed by atoms with Gasteiger partial charge in [-0.2, -0.15) is 5.26 Å². The summed E-state index contributed by atoms with van der Waals surface area (Å²) in [7, 11) is 0. The van der Waals surface area contributed by atoms with Gasteiger partial charge in [-0.15, -0.1) is 0 Å². The van der Waals surface area contributed by atoms with Gasteiger partial charge in [0.1, 0.15) is 6.07 Å². The molecule has 1 aromatic heterocycles. The number of H-pyrrole nitrogens is 1. The molecule has 0 aliphatic heterocycles. The van der Waals surface area contributed by atoms with E-state index in [9.17, 15) is 0 Å². The quantitative estimate of drug-likeness (QED) is 0.737. The van der Waals surface area contributed by atoms with Crippen molar-refractivity contribution in [2.45, 2.75) is 6.92 Å². The third-order valence-electron chi connectivity index (χ3n) is 2.09. The van der Waals surface area contributed by atoms with E-state index in [1.807, 2.05) is 37.3 Å². The van der Waals surface area contributed by atoms with E-state index in [2.05, 4.69) is 9.97 Å². The van der Waals surface area contributed by atoms with Gasteiger partial charge in [-0.25, -0.2) is 4.98 Å². The molecule has 1 heterocycles. The number of nitrogens with zero attached hydrogens (tertiary/aromatic N) is 2. The van der Waals surface area contributed by atoms with Crippen LogP contribution >= 0.6 is 0 Å². The Kier molecular flexibility index (Phi) is 2.04. The van der Waals surface area contributed by atoms with Crippen LogP contribution in [0.25, 0.3) is 11.3 Å². The lowest BCUT2D eigenvalue weighted by atomic mass is 10.1. The summed E-state index contributed by atoms with van der Waals surface area (Å²) in [6, 6.07) is 10.0. The van der Waals surface area contributed by atoms with Crippen molar-refractivity contribution in [3.8, 4) is 17.3 Å². The topological polar surface area (TPSA) is 52.5 Å². The first-order chi connectivity index (χ1) is 6.81. The van der Waals surface area contributed by atoms with E-state index in [-0.39, 0.29) is 0 Å². The number of imidazole rings is 1. The number of nitrogens with one attached hydrogen (secondary N) is 1. The Morgan fingerprint density at radius 3 is 2.64 bits per heavy atom. The molecule has 1 aromatic carbocycles. The van der Waals surface area contributed by atoms with Gasteiger partial charge in [0, 0.05) is 5.56 Å². The maximum atomic E-state index is 8.79. The third kappa shape index (κ3) is 1.38. The Labute approximate surface area is 82.0 Å². The predicted molar refractivity (Wildman–Crippen MR) is 53.5 cm³/mol. The van der Waals surface area contributed by atoms with Crippen LogP contribution in [-0.4, -0.2) is 9.97 Å². The van der Waals surface area contributed by atoms with E-state index in [0.717, 1.165) is 11.3 Å². The summed E-state index contributed by atoms with van der Waals surface area (Å²) in [6.07, 6.45) is 1.54. The second kappa shape index (κ2) is 3.35. The molecule has 0 aliphatic rings. The van der Waals surface area contributed by atoms with E-state index in [4.69, 9.17) is 5.26 Å². The number of hydrogen-bond donors (Lipinski definition) is 1. The molecule has 0 bridgehead atoms. The highest BCUT2D eigenvalue weighted by Gasteiger charge is 2.05. The van der Waals surface area contributed by atoms with Crippen molar-refractivity contribution < 1.29 is 0 Å². The molecule has 0 saturated heterocycles. The van der Waals surface area contributed by atoms with E-state index >= 15 is 0 Å². The van der Waals surface area contributed by atoms with Crippen LogP contribution < -0.4 is 0 Å². The maximum Gasteiger partial charge on any atom is 0.166 e. The summed E-state index contributed by atoms with van der Waals surface area (Å²) < 4.78 is 0. The second-order valence-corrected chi connectivity index (χ2v) is 3.10. The van der Waals surface area contributed by atoms with Gasteiger partial charge in [0.05, 0.1) is 12.0 Å². The zero-order valence-electron chi connectivity index (χ0n) is 7.78. The Morgan fingerprint density at radius 2 is 2.00 bits per heavy atom. The zero-order valence-corrected chi connectivity index (χ0v) is 7.78. The summed E-state index contributed by atoms with van der Waals surface area (Å²) >= 11 is 0. The molecule has 0 fully saturated rings. The Balaban J connectivity index is 2.50. The molecule has 0 unspecified atom stereocenters. The van der Waals surface area contributed by atoms with Crippen molar-refractivity contribution in [1.82, 2.24) is 9.97 Å². The number of aromatic amines is 1. The molecular weight excluding hydrogens is 174 g/mol. The molecule has 0 radical (unpaired) electrons. The highest BCUT2D eigenvalue weighted by atomic mass is 14.9. The Morgan fingerprint density at radius 1 is 1.29 bits per heavy atom. The SMILES string of the molecule is Cc1ccc(-c2[nH]cnc2C#N)cc1. The average Bonchev–Trinajstić information content (AvgIpc) is 2.67. The molecule has 2 rings (SSSR count). The van der Waals surface area contributed by atoms with Crippen LogP contribution in [0.3, 0.4) is 0 Å². The van der Waals surface area contributed by atoms with Crippen molar-refractivity contribution in [3.05, 3.63) is 41.9 Å². The first kappa shape index (κ1) is 8.52. The lowest BCUT2D eigenvalue weighted by molar-refractivity contribution is 1.29. The Bertz CT molecular complexity index is 474. The fourth-order valence-corrected chi connectivity index (χ4v) is 1.32. The van der Waals surface area contributed by atoms with E-state index in [1.165, 1.54) is 11.9 Å². The molecule has 1 N–H and O–H groups in total. The van der Waals surface area contributed by atoms with Crippen LogP contribution in [0.1, 0.15) is 11.3 Å². The fourth-order valence-electron chi connectivity index (χ4n) is 1.32. The summed E-state index contributed by atoms with van der Waals surface area (Å²) in [6.45, 7) is 2.03. The molecule has 3 heteroatoms. The third-order valence-corrected chi connectivity index (χ3v) is 2.09. The molecule has 0 spiro atoms. The first-order valence-corrected chi connectivity index (χ1v) is 4.32. The van der Waals surface area contributed by atoms with Gasteiger partial charge in [-0.05, 0) is 6.92 Å². The van der Waals surface area contributed by atoms with Gasteiger partial charge < -0.3 is 4.98 Å². The second-order valence-electron chi connectivity index (χ2n) is 3.10. The van der Waals surface area contributed by atoms with Crippen molar-refractivity contribution in [3.63, 3.8) is 0 Å². The Hall–Kier alpha value is -2.08. The van der Waals surface area contributed by atoms with Crippen LogP contribution in [0.15, 0.2) is 30.6 Å². The molecule has 0 atom stereocenters. The van der Waals surface area contributed by atoms with Gasteiger partial charge in [0.15, 0.2) is 5.69 Å². The summed E-state index contributed by atoms with van der Waals surface area (Å²) in [5.74, 6) is 0. The predicted octanol–water partition coefficient (Wildman–Crippen LogP) is 2.26. The number of nitriles is 1. The highest BCUT2D eigenvalue weighted by molar-refractivity contribution is 5.64. The lowest BCUT2D eigenvalue weighted by Crippen LogP contribution is -1.82. The van der Waals surface area contributed by atoms with E-state index in [1.54, 1.807) is 0 Å². The van der Waals surface area contributed by atoms with Crippen LogP contribution in [0.4, 0.5) is 0 Å². The lowest BCUT2D eigenvalue weighted by Gasteiger charge is -1.98. The largest absolute Gasteiger partial charge is 0.343 e. The van der Waals surface area contributed by atoms with Crippen molar-refractivity contribution in [2.75, 3.05) is 0 Å². The van der Waals surface area contributed by atoms with Gasteiger partial charge in [0.2, 0.25) is 0 Å². The highest BCUT2D eigenvalue weighted by Crippen LogP contribution is 2.19. The molecule has 14 heavy (non-hydrogen) atoms. The molecule has 3 nitrogen and oxygen atoms in total. The standard InChI is InChI=1S/C11H9N3/c1-8-2-4-9(5-3-8)11-10(6-12)13-7-14-11/h2-5,7H,1H3,(H,13,14). The number of aromatic nitrogens is 2. The maximum absolute atomic E-state index is 8.79. The molecule has 2 aromatic rings. The molecular formula is C11H9N3. The minimum atomic E-state index is 0.439. The minimum absolute atomic E-state index is 0.439. The summed E-state index contributed by atoms with van der Waals surface area (Å²) in [5, 5.41) is 8.79. The van der Waals surface area contributed by atoms with Crippen LogP contribution in [0, 0.1) is 18.3 Å². The summed E-state index contributed by atoms with van der Waals surface area (Å²) in [5.41, 5.74) is 3.41. The number of benzene rings is 1. The molecule has 0 saturated carbocycles. The normalized spacial score (nSPS) is 9.71. The van der Waals surface area contributed by atoms with E-state index in [0.29, 0.717) is 5.69 Å². The van der Waals surface area contributed by atoms with Crippen LogP contribution in [0.5, 0.6) is 0 Å². The van der Waals surface area contributed by atoms with Crippen molar-refractivity contribution in [2.24, 2.45) is 0 Å². The fraction of sp³-hybridized carbons (Fsp3) is 0.0909. The number of rotatable bonds is 1. The van der Waals surface area contributed by atoms with Crippen LogP contribution in [0.2, 0.25) is 0 Å². The van der Waals surface area contributed by atoms with Gasteiger partial charge in [-0.1, -0.05) is 29.8 Å². The van der Waals surface area contributed by atoms with E-state index < -0.39 is 0 Å². The van der Waals surface area contributed by atoms with Crippen molar-refractivity contribution in [1.29, 1.82) is 5.26 Å². The average molecular weight is 183 g/mol. The summed E-state index contributed by atoms with van der Waals surface area (Å²) in [4.78, 5) is 6.88. The van der Waals surface area contributed by atoms with Gasteiger partial charge in [-0.3, -0.25) is 0 Å². The minimum Gasteiger partial charge on any atom is -0.343 e. The first-order valence-electron chi connectivity index (χ1n) is 4.32. The van der Waals surface area contributed by atoms with Gasteiger partial charge in [0.25, 0.3) is 0 Å². The van der Waals surface area contributed by atoms with Gasteiger partial charge >= 0.3 is 0 Å². The monoisotopic (exact) mass is 183 g/mol. The zero-order chi connectivity index (χ0) is 9.97. The number of hydrogen-bond acceptors (Lipinski definition) is 2. The number of aryl methyl sites for hydroxylation is 1. The molecule has 0 aliphatic carbocycles.